The molecule has 1 unspecified atom stereocenters. The van der Waals surface area contributed by atoms with Crippen LogP contribution in [0.2, 0.25) is 0 Å². The number of nitrogens with two attached hydrogens (primary N) is 1. The Balaban J connectivity index is 2.15. The average molecular weight is 341 g/mol. The van der Waals surface area contributed by atoms with E-state index in [0.717, 1.165) is 32.2 Å². The minimum atomic E-state index is -0.556. The Morgan fingerprint density at radius 1 is 1.05 bits per heavy atom. The van der Waals surface area contributed by atoms with Crippen LogP contribution in [0.4, 0.5) is 0 Å². The van der Waals surface area contributed by atoms with Crippen molar-refractivity contribution in [1.82, 2.24) is 4.98 Å². The van der Waals surface area contributed by atoms with Crippen LogP contribution in [0.1, 0.15) is 23.7 Å². The van der Waals surface area contributed by atoms with Crippen LogP contribution in [-0.2, 0) is 5.54 Å². The topological polar surface area (TPSA) is 38.9 Å². The monoisotopic (exact) mass is 340 g/mol. The molecule has 106 valence electrons. The minimum absolute atomic E-state index is 0.556. The first-order valence-electron chi connectivity index (χ1n) is 6.90. The molecule has 2 nitrogen and oxygen atoms in total. The number of halogens is 1. The van der Waals surface area contributed by atoms with Gasteiger partial charge in [-0.1, -0.05) is 46.3 Å². The highest BCUT2D eigenvalue weighted by atomic mass is 79.9. The van der Waals surface area contributed by atoms with Crippen LogP contribution in [-0.4, -0.2) is 4.98 Å². The second-order valence-corrected chi connectivity index (χ2v) is 6.40. The highest BCUT2D eigenvalue weighted by molar-refractivity contribution is 9.10. The summed E-state index contributed by atoms with van der Waals surface area (Å²) in [6, 6.07) is 18.4. The first-order valence-corrected chi connectivity index (χ1v) is 7.69. The van der Waals surface area contributed by atoms with E-state index in [0.29, 0.717) is 0 Å². The van der Waals surface area contributed by atoms with Gasteiger partial charge < -0.3 is 5.73 Å². The van der Waals surface area contributed by atoms with Gasteiger partial charge in [-0.3, -0.25) is 4.98 Å². The van der Waals surface area contributed by atoms with Crippen molar-refractivity contribution in [2.45, 2.75) is 19.4 Å². The number of pyridine rings is 1. The summed E-state index contributed by atoms with van der Waals surface area (Å²) in [5.41, 5.74) is 10.3. The maximum Gasteiger partial charge on any atom is 0.0705 e. The summed E-state index contributed by atoms with van der Waals surface area (Å²) in [5.74, 6) is 0. The predicted octanol–water partition coefficient (Wildman–Crippen LogP) is 4.53. The fourth-order valence-corrected chi connectivity index (χ4v) is 3.29. The quantitative estimate of drug-likeness (QED) is 0.744. The van der Waals surface area contributed by atoms with Crippen molar-refractivity contribution >= 4 is 26.8 Å². The van der Waals surface area contributed by atoms with Crippen molar-refractivity contribution in [2.75, 3.05) is 0 Å². The van der Waals surface area contributed by atoms with E-state index in [2.05, 4.69) is 45.2 Å². The van der Waals surface area contributed by atoms with Crippen LogP contribution in [0.25, 0.3) is 10.9 Å². The van der Waals surface area contributed by atoms with Crippen LogP contribution in [0.15, 0.2) is 59.1 Å². The highest BCUT2D eigenvalue weighted by Gasteiger charge is 2.25. The fraction of sp³-hybridized carbons (Fsp3) is 0.167. The molecule has 0 saturated heterocycles. The van der Waals surface area contributed by atoms with Gasteiger partial charge in [0.05, 0.1) is 11.1 Å². The van der Waals surface area contributed by atoms with Crippen molar-refractivity contribution < 1.29 is 0 Å². The molecule has 0 bridgehead atoms. The lowest BCUT2D eigenvalue weighted by molar-refractivity contribution is 0.601. The molecule has 2 aromatic carbocycles. The molecule has 1 aromatic heterocycles. The van der Waals surface area contributed by atoms with Crippen molar-refractivity contribution in [1.29, 1.82) is 0 Å². The summed E-state index contributed by atoms with van der Waals surface area (Å²) in [5, 5.41) is 1.11. The van der Waals surface area contributed by atoms with Gasteiger partial charge >= 0.3 is 0 Å². The molecule has 0 radical (unpaired) electrons. The lowest BCUT2D eigenvalue weighted by Gasteiger charge is -2.27. The molecule has 0 spiro atoms. The maximum absolute atomic E-state index is 6.63. The summed E-state index contributed by atoms with van der Waals surface area (Å²) in [6.45, 7) is 4.04. The Morgan fingerprint density at radius 2 is 1.81 bits per heavy atom. The first-order chi connectivity index (χ1) is 9.98. The lowest BCUT2D eigenvalue weighted by atomic mass is 9.85. The van der Waals surface area contributed by atoms with Crippen molar-refractivity contribution in [3.8, 4) is 0 Å². The molecular weight excluding hydrogens is 324 g/mol. The Hall–Kier alpha value is -1.71. The van der Waals surface area contributed by atoms with Gasteiger partial charge in [0.15, 0.2) is 0 Å². The third kappa shape index (κ3) is 2.59. The summed E-state index contributed by atoms with van der Waals surface area (Å²) in [6.07, 6.45) is 0. The van der Waals surface area contributed by atoms with Gasteiger partial charge in [-0.25, -0.2) is 0 Å². The predicted molar refractivity (Wildman–Crippen MR) is 91.3 cm³/mol. The van der Waals surface area contributed by atoms with Gasteiger partial charge in [0.1, 0.15) is 0 Å². The number of fused-ring (bicyclic) bond motifs is 1. The molecular formula is C18H17BrN2. The second kappa shape index (κ2) is 5.24. The van der Waals surface area contributed by atoms with E-state index in [4.69, 9.17) is 5.73 Å². The zero-order chi connectivity index (χ0) is 15.0. The zero-order valence-electron chi connectivity index (χ0n) is 12.1. The molecule has 2 N–H and O–H groups in total. The van der Waals surface area contributed by atoms with Gasteiger partial charge in [0.2, 0.25) is 0 Å². The molecule has 3 rings (SSSR count). The van der Waals surface area contributed by atoms with Gasteiger partial charge in [0, 0.05) is 15.6 Å². The maximum atomic E-state index is 6.63. The molecule has 3 aromatic rings. The van der Waals surface area contributed by atoms with Crippen molar-refractivity contribution in [3.05, 3.63) is 75.9 Å². The number of aromatic nitrogens is 1. The number of aryl methyl sites for hydroxylation is 1. The number of hydrogen-bond acceptors (Lipinski definition) is 2. The molecule has 3 heteroatoms. The SMILES string of the molecule is Cc1ccc2cc(C(C)(N)c3ccccc3Br)ccc2n1. The van der Waals surface area contributed by atoms with Gasteiger partial charge in [0.25, 0.3) is 0 Å². The van der Waals surface area contributed by atoms with E-state index in [-0.39, 0.29) is 0 Å². The summed E-state index contributed by atoms with van der Waals surface area (Å²) in [4.78, 5) is 4.54. The molecule has 0 aliphatic carbocycles. The van der Waals surface area contributed by atoms with E-state index in [1.165, 1.54) is 0 Å². The smallest absolute Gasteiger partial charge is 0.0705 e. The summed E-state index contributed by atoms with van der Waals surface area (Å²) >= 11 is 3.60. The largest absolute Gasteiger partial charge is 0.318 e. The zero-order valence-corrected chi connectivity index (χ0v) is 13.7. The number of nitrogens with zero attached hydrogens (tertiary/aromatic N) is 1. The van der Waals surface area contributed by atoms with Gasteiger partial charge in [-0.15, -0.1) is 0 Å². The van der Waals surface area contributed by atoms with E-state index in [1.54, 1.807) is 0 Å². The van der Waals surface area contributed by atoms with Crippen LogP contribution in [0, 0.1) is 6.92 Å². The van der Waals surface area contributed by atoms with Gasteiger partial charge in [-0.2, -0.15) is 0 Å². The molecule has 0 amide bonds. The minimum Gasteiger partial charge on any atom is -0.318 e. The van der Waals surface area contributed by atoms with Crippen molar-refractivity contribution in [2.24, 2.45) is 5.73 Å². The lowest BCUT2D eigenvalue weighted by Crippen LogP contribution is -2.34. The molecule has 1 atom stereocenters. The fourth-order valence-electron chi connectivity index (χ4n) is 2.59. The summed E-state index contributed by atoms with van der Waals surface area (Å²) < 4.78 is 1.03. The van der Waals surface area contributed by atoms with Crippen LogP contribution < -0.4 is 5.73 Å². The van der Waals surface area contributed by atoms with E-state index in [9.17, 15) is 0 Å². The third-order valence-electron chi connectivity index (χ3n) is 3.86. The third-order valence-corrected chi connectivity index (χ3v) is 4.55. The highest BCUT2D eigenvalue weighted by Crippen LogP contribution is 2.33. The summed E-state index contributed by atoms with van der Waals surface area (Å²) in [7, 11) is 0. The van der Waals surface area contributed by atoms with E-state index >= 15 is 0 Å². The normalized spacial score (nSPS) is 14.1. The molecule has 0 aliphatic rings. The van der Waals surface area contributed by atoms with Crippen LogP contribution in [0.3, 0.4) is 0 Å². The second-order valence-electron chi connectivity index (χ2n) is 5.54. The van der Waals surface area contributed by atoms with Crippen LogP contribution >= 0.6 is 15.9 Å². The molecule has 21 heavy (non-hydrogen) atoms. The van der Waals surface area contributed by atoms with E-state index < -0.39 is 5.54 Å². The number of rotatable bonds is 2. The first kappa shape index (κ1) is 14.2. The number of benzene rings is 2. The Morgan fingerprint density at radius 3 is 2.57 bits per heavy atom. The molecule has 1 heterocycles. The molecule has 0 aliphatic heterocycles. The molecule has 0 fully saturated rings. The van der Waals surface area contributed by atoms with Gasteiger partial charge in [-0.05, 0) is 49.2 Å². The van der Waals surface area contributed by atoms with E-state index in [1.807, 2.05) is 44.2 Å². The Labute approximate surface area is 133 Å². The standard InChI is InChI=1S/C18H17BrN2/c1-12-7-8-13-11-14(9-10-17(13)21-12)18(2,20)15-5-3-4-6-16(15)19/h3-11H,20H2,1-2H3. The van der Waals surface area contributed by atoms with Crippen LogP contribution in [0.5, 0.6) is 0 Å². The average Bonchev–Trinajstić information content (AvgIpc) is 2.47. The Bertz CT molecular complexity index is 809. The Kier molecular flexibility index (Phi) is 3.56. The molecule has 0 saturated carbocycles. The van der Waals surface area contributed by atoms with Crippen molar-refractivity contribution in [3.63, 3.8) is 0 Å². The number of hydrogen-bond donors (Lipinski definition) is 1.